The third-order valence-corrected chi connectivity index (χ3v) is 2.53. The Morgan fingerprint density at radius 3 is 2.50 bits per heavy atom. The van der Waals surface area contributed by atoms with E-state index in [1.807, 2.05) is 0 Å². The number of hydrogen-bond donors (Lipinski definition) is 0. The van der Waals surface area contributed by atoms with E-state index in [1.54, 1.807) is 4.90 Å². The van der Waals surface area contributed by atoms with E-state index in [0.29, 0.717) is 13.1 Å². The molecule has 4 heteroatoms. The van der Waals surface area contributed by atoms with Crippen LogP contribution in [0.15, 0.2) is 0 Å². The van der Waals surface area contributed by atoms with Gasteiger partial charge in [-0.15, -0.1) is 11.6 Å². The average molecular weight is 194 g/mol. The number of halogens is 2. The van der Waals surface area contributed by atoms with E-state index >= 15 is 0 Å². The fourth-order valence-corrected chi connectivity index (χ4v) is 1.59. The number of likely N-dealkylation sites (tertiary alicyclic amines) is 1. The molecule has 0 atom stereocenters. The molecular weight excluding hydrogens is 181 g/mol. The van der Waals surface area contributed by atoms with E-state index in [9.17, 15) is 9.18 Å². The van der Waals surface area contributed by atoms with Crippen molar-refractivity contribution in [2.24, 2.45) is 5.92 Å². The monoisotopic (exact) mass is 193 g/mol. The van der Waals surface area contributed by atoms with Crippen LogP contribution in [-0.4, -0.2) is 36.5 Å². The average Bonchev–Trinajstić information content (AvgIpc) is 2.17. The van der Waals surface area contributed by atoms with E-state index in [1.165, 1.54) is 0 Å². The van der Waals surface area contributed by atoms with Crippen LogP contribution in [-0.2, 0) is 4.79 Å². The second kappa shape index (κ2) is 4.65. The summed E-state index contributed by atoms with van der Waals surface area (Å²) >= 11 is 5.39. The number of hydrogen-bond acceptors (Lipinski definition) is 1. The van der Waals surface area contributed by atoms with Crippen LogP contribution >= 0.6 is 11.6 Å². The minimum absolute atomic E-state index is 0.0334. The van der Waals surface area contributed by atoms with E-state index in [0.717, 1.165) is 12.8 Å². The fourth-order valence-electron chi connectivity index (χ4n) is 1.42. The molecule has 0 aromatic carbocycles. The number of alkyl halides is 2. The zero-order valence-corrected chi connectivity index (χ0v) is 7.69. The molecule has 70 valence electrons. The minimum Gasteiger partial charge on any atom is -0.342 e. The summed E-state index contributed by atoms with van der Waals surface area (Å²) in [5.74, 6) is 0.165. The van der Waals surface area contributed by atoms with Gasteiger partial charge in [-0.3, -0.25) is 9.18 Å². The molecule has 1 aliphatic heterocycles. The summed E-state index contributed by atoms with van der Waals surface area (Å²) in [7, 11) is 0. The summed E-state index contributed by atoms with van der Waals surface area (Å²) in [6, 6.07) is 0. The van der Waals surface area contributed by atoms with Gasteiger partial charge in [-0.25, -0.2) is 0 Å². The van der Waals surface area contributed by atoms with Crippen molar-refractivity contribution < 1.29 is 9.18 Å². The molecule has 0 radical (unpaired) electrons. The summed E-state index contributed by atoms with van der Waals surface area (Å²) in [5, 5.41) is 0. The van der Waals surface area contributed by atoms with Crippen LogP contribution < -0.4 is 0 Å². The van der Waals surface area contributed by atoms with Crippen molar-refractivity contribution in [3.05, 3.63) is 0 Å². The number of piperidine rings is 1. The Morgan fingerprint density at radius 1 is 1.50 bits per heavy atom. The number of nitrogens with zero attached hydrogens (tertiary/aromatic N) is 1. The van der Waals surface area contributed by atoms with Gasteiger partial charge in [0.1, 0.15) is 5.88 Å². The van der Waals surface area contributed by atoms with Gasteiger partial charge in [-0.05, 0) is 18.8 Å². The molecule has 0 aliphatic carbocycles. The van der Waals surface area contributed by atoms with Crippen LogP contribution in [0.4, 0.5) is 4.39 Å². The highest BCUT2D eigenvalue weighted by Gasteiger charge is 2.21. The van der Waals surface area contributed by atoms with E-state index in [2.05, 4.69) is 0 Å². The first-order valence-electron chi connectivity index (χ1n) is 4.17. The number of carbonyl (C=O) groups is 1. The van der Waals surface area contributed by atoms with E-state index < -0.39 is 0 Å². The minimum atomic E-state index is -0.261. The van der Waals surface area contributed by atoms with Crippen molar-refractivity contribution in [1.82, 2.24) is 4.90 Å². The van der Waals surface area contributed by atoms with Crippen molar-refractivity contribution in [2.45, 2.75) is 12.8 Å². The maximum atomic E-state index is 12.2. The van der Waals surface area contributed by atoms with Gasteiger partial charge in [0.2, 0.25) is 5.91 Å². The van der Waals surface area contributed by atoms with E-state index in [-0.39, 0.29) is 24.4 Å². The molecule has 0 spiro atoms. The quantitative estimate of drug-likeness (QED) is 0.608. The smallest absolute Gasteiger partial charge is 0.237 e. The topological polar surface area (TPSA) is 20.3 Å². The third kappa shape index (κ3) is 2.34. The van der Waals surface area contributed by atoms with Gasteiger partial charge >= 0.3 is 0 Å². The first kappa shape index (κ1) is 9.78. The Kier molecular flexibility index (Phi) is 3.79. The lowest BCUT2D eigenvalue weighted by Crippen LogP contribution is -2.39. The maximum Gasteiger partial charge on any atom is 0.237 e. The number of carbonyl (C=O) groups excluding carboxylic acids is 1. The van der Waals surface area contributed by atoms with Crippen LogP contribution in [0.2, 0.25) is 0 Å². The molecule has 0 N–H and O–H groups in total. The van der Waals surface area contributed by atoms with Crippen LogP contribution in [0, 0.1) is 5.92 Å². The molecule has 0 bridgehead atoms. The number of amides is 1. The van der Waals surface area contributed by atoms with Crippen molar-refractivity contribution in [1.29, 1.82) is 0 Å². The summed E-state index contributed by atoms with van der Waals surface area (Å²) in [6.45, 7) is 1.07. The summed E-state index contributed by atoms with van der Waals surface area (Å²) in [5.41, 5.74) is 0. The van der Waals surface area contributed by atoms with E-state index in [4.69, 9.17) is 11.6 Å². The van der Waals surface area contributed by atoms with Crippen LogP contribution in [0.25, 0.3) is 0 Å². The normalized spacial score (nSPS) is 19.7. The van der Waals surface area contributed by atoms with Crippen molar-refractivity contribution >= 4 is 17.5 Å². The van der Waals surface area contributed by atoms with Gasteiger partial charge in [-0.2, -0.15) is 0 Å². The van der Waals surface area contributed by atoms with Gasteiger partial charge in [0.05, 0.1) is 6.67 Å². The van der Waals surface area contributed by atoms with Gasteiger partial charge in [0.15, 0.2) is 0 Å². The fraction of sp³-hybridized carbons (Fsp3) is 0.875. The predicted octanol–water partition coefficient (Wildman–Crippen LogP) is 1.43. The lowest BCUT2D eigenvalue weighted by atomic mass is 9.98. The molecule has 1 fully saturated rings. The highest BCUT2D eigenvalue weighted by Crippen LogP contribution is 2.17. The summed E-state index contributed by atoms with van der Waals surface area (Å²) < 4.78 is 12.2. The van der Waals surface area contributed by atoms with Crippen molar-refractivity contribution in [3.63, 3.8) is 0 Å². The largest absolute Gasteiger partial charge is 0.342 e. The van der Waals surface area contributed by atoms with Gasteiger partial charge in [0.25, 0.3) is 0 Å². The molecule has 1 amide bonds. The summed E-state index contributed by atoms with van der Waals surface area (Å²) in [6.07, 6.45) is 1.55. The second-order valence-corrected chi connectivity index (χ2v) is 3.38. The zero-order valence-electron chi connectivity index (χ0n) is 6.93. The molecule has 0 aromatic rings. The Balaban J connectivity index is 2.30. The Labute approximate surface area is 76.7 Å². The first-order valence-corrected chi connectivity index (χ1v) is 4.71. The first-order chi connectivity index (χ1) is 5.77. The summed E-state index contributed by atoms with van der Waals surface area (Å²) in [4.78, 5) is 12.8. The predicted molar refractivity (Wildman–Crippen MR) is 46.0 cm³/mol. The van der Waals surface area contributed by atoms with Gasteiger partial charge in [-0.1, -0.05) is 0 Å². The van der Waals surface area contributed by atoms with Crippen LogP contribution in [0.3, 0.4) is 0 Å². The molecule has 2 nitrogen and oxygen atoms in total. The lowest BCUT2D eigenvalue weighted by molar-refractivity contribution is -0.129. The Hall–Kier alpha value is -0.310. The van der Waals surface area contributed by atoms with Gasteiger partial charge < -0.3 is 4.90 Å². The molecule has 0 saturated carbocycles. The van der Waals surface area contributed by atoms with Crippen LogP contribution in [0.1, 0.15) is 12.8 Å². The zero-order chi connectivity index (χ0) is 8.97. The van der Waals surface area contributed by atoms with Crippen molar-refractivity contribution in [2.75, 3.05) is 25.6 Å². The molecule has 1 aliphatic rings. The van der Waals surface area contributed by atoms with Gasteiger partial charge in [0, 0.05) is 13.1 Å². The number of rotatable bonds is 2. The lowest BCUT2D eigenvalue weighted by Gasteiger charge is -2.30. The maximum absolute atomic E-state index is 12.2. The second-order valence-electron chi connectivity index (χ2n) is 3.11. The molecular formula is C8H13ClFNO. The molecule has 12 heavy (non-hydrogen) atoms. The van der Waals surface area contributed by atoms with Crippen molar-refractivity contribution in [3.8, 4) is 0 Å². The molecule has 1 rings (SSSR count). The highest BCUT2D eigenvalue weighted by atomic mass is 35.5. The molecule has 1 saturated heterocycles. The Morgan fingerprint density at radius 2 is 2.08 bits per heavy atom. The molecule has 1 heterocycles. The highest BCUT2D eigenvalue weighted by molar-refractivity contribution is 6.27. The van der Waals surface area contributed by atoms with Crippen LogP contribution in [0.5, 0.6) is 0 Å². The third-order valence-electron chi connectivity index (χ3n) is 2.30. The standard InChI is InChI=1S/C8H13ClFNO/c9-5-8(12)11-3-1-7(6-10)2-4-11/h7H,1-6H2. The SMILES string of the molecule is O=C(CCl)N1CCC(CF)CC1. The molecule has 0 aromatic heterocycles. The Bertz CT molecular complexity index is 157. The molecule has 0 unspecified atom stereocenters.